The van der Waals surface area contributed by atoms with Crippen LogP contribution in [0.5, 0.6) is 11.5 Å². The molecule has 5 heteroatoms. The summed E-state index contributed by atoms with van der Waals surface area (Å²) in [6.07, 6.45) is 2.06. The van der Waals surface area contributed by atoms with E-state index in [0.717, 1.165) is 28.5 Å². The van der Waals surface area contributed by atoms with Crippen LogP contribution in [0.3, 0.4) is 0 Å². The maximum atomic E-state index is 6.02. The van der Waals surface area contributed by atoms with E-state index in [9.17, 15) is 0 Å². The molecule has 0 radical (unpaired) electrons. The van der Waals surface area contributed by atoms with E-state index in [-0.39, 0.29) is 0 Å². The quantitative estimate of drug-likeness (QED) is 0.637. The third-order valence-electron chi connectivity index (χ3n) is 2.94. The zero-order valence-corrected chi connectivity index (χ0v) is 14.1. The molecule has 21 heavy (non-hydrogen) atoms. The van der Waals surface area contributed by atoms with Crippen LogP contribution in [0.1, 0.15) is 5.56 Å². The highest BCUT2D eigenvalue weighted by Gasteiger charge is 2.08. The smallest absolute Gasteiger partial charge is 0.132 e. The van der Waals surface area contributed by atoms with Crippen molar-refractivity contribution in [3.05, 3.63) is 48.0 Å². The fraction of sp³-hybridized carbons (Fsp3) is 0.250. The van der Waals surface area contributed by atoms with E-state index >= 15 is 0 Å². The van der Waals surface area contributed by atoms with E-state index in [1.165, 1.54) is 16.8 Å². The van der Waals surface area contributed by atoms with Gasteiger partial charge in [0, 0.05) is 21.9 Å². The molecule has 0 saturated heterocycles. The van der Waals surface area contributed by atoms with Crippen molar-refractivity contribution in [1.82, 2.24) is 4.90 Å². The first-order valence-electron chi connectivity index (χ1n) is 6.58. The molecule has 0 heterocycles. The van der Waals surface area contributed by atoms with Gasteiger partial charge in [0.2, 0.25) is 0 Å². The number of hydrogen-bond acceptors (Lipinski definition) is 5. The second kappa shape index (κ2) is 7.75. The SMILES string of the molecule is CSc1ccc(Oc2ccc(SN)cc2CN(C)C)cc1. The Morgan fingerprint density at radius 2 is 1.71 bits per heavy atom. The Hall–Kier alpha value is -1.14. The summed E-state index contributed by atoms with van der Waals surface area (Å²) in [4.78, 5) is 4.38. The van der Waals surface area contributed by atoms with Gasteiger partial charge >= 0.3 is 0 Å². The first-order chi connectivity index (χ1) is 10.1. The molecule has 0 unspecified atom stereocenters. The Morgan fingerprint density at radius 3 is 2.29 bits per heavy atom. The van der Waals surface area contributed by atoms with Crippen LogP contribution in [-0.2, 0) is 6.54 Å². The number of benzene rings is 2. The van der Waals surface area contributed by atoms with Crippen LogP contribution in [0.4, 0.5) is 0 Å². The zero-order chi connectivity index (χ0) is 15.2. The van der Waals surface area contributed by atoms with Gasteiger partial charge < -0.3 is 9.64 Å². The molecule has 0 fully saturated rings. The summed E-state index contributed by atoms with van der Waals surface area (Å²) in [6.45, 7) is 0.812. The Bertz CT molecular complexity index is 585. The van der Waals surface area contributed by atoms with E-state index in [4.69, 9.17) is 9.88 Å². The van der Waals surface area contributed by atoms with E-state index in [1.807, 2.05) is 38.4 Å². The summed E-state index contributed by atoms with van der Waals surface area (Å²) in [5.74, 6) is 1.72. The molecular formula is C16H20N2OS2. The van der Waals surface area contributed by atoms with Crippen LogP contribution >= 0.6 is 23.7 Å². The van der Waals surface area contributed by atoms with Crippen molar-refractivity contribution in [2.75, 3.05) is 20.4 Å². The molecule has 0 atom stereocenters. The lowest BCUT2D eigenvalue weighted by Gasteiger charge is -2.16. The van der Waals surface area contributed by atoms with Gasteiger partial charge in [0.15, 0.2) is 0 Å². The van der Waals surface area contributed by atoms with E-state index in [1.54, 1.807) is 11.8 Å². The van der Waals surface area contributed by atoms with Crippen LogP contribution in [0.2, 0.25) is 0 Å². The summed E-state index contributed by atoms with van der Waals surface area (Å²) in [6, 6.07) is 14.2. The summed E-state index contributed by atoms with van der Waals surface area (Å²) < 4.78 is 6.02. The van der Waals surface area contributed by atoms with E-state index in [2.05, 4.69) is 29.4 Å². The van der Waals surface area contributed by atoms with Gasteiger partial charge in [-0.3, -0.25) is 5.14 Å². The van der Waals surface area contributed by atoms with Crippen molar-refractivity contribution in [2.45, 2.75) is 16.3 Å². The maximum Gasteiger partial charge on any atom is 0.132 e. The predicted molar refractivity (Wildman–Crippen MR) is 92.2 cm³/mol. The molecule has 2 rings (SSSR count). The average molecular weight is 320 g/mol. The molecule has 0 aromatic heterocycles. The van der Waals surface area contributed by atoms with Crippen molar-refractivity contribution >= 4 is 23.7 Å². The van der Waals surface area contributed by atoms with Gasteiger partial charge in [-0.15, -0.1) is 11.8 Å². The van der Waals surface area contributed by atoms with Crippen molar-refractivity contribution in [2.24, 2.45) is 5.14 Å². The lowest BCUT2D eigenvalue weighted by Crippen LogP contribution is -2.11. The Kier molecular flexibility index (Phi) is 5.99. The molecule has 2 aromatic carbocycles. The number of ether oxygens (including phenoxy) is 1. The Labute approximate surface area is 135 Å². The highest BCUT2D eigenvalue weighted by atomic mass is 32.2. The first kappa shape index (κ1) is 16.2. The molecule has 0 spiro atoms. The van der Waals surface area contributed by atoms with Gasteiger partial charge in [0.25, 0.3) is 0 Å². The van der Waals surface area contributed by atoms with Crippen molar-refractivity contribution in [3.8, 4) is 11.5 Å². The minimum atomic E-state index is 0.812. The van der Waals surface area contributed by atoms with Gasteiger partial charge in [0.05, 0.1) is 0 Å². The standard InChI is InChI=1S/C16H20N2OS2/c1-18(2)11-12-10-15(21-17)8-9-16(12)19-13-4-6-14(20-3)7-5-13/h4-10H,11,17H2,1-3H3. The van der Waals surface area contributed by atoms with Crippen molar-refractivity contribution < 1.29 is 4.74 Å². The summed E-state index contributed by atoms with van der Waals surface area (Å²) in [5, 5.41) is 5.64. The molecule has 0 amide bonds. The third-order valence-corrected chi connectivity index (χ3v) is 4.21. The molecule has 0 aliphatic heterocycles. The Balaban J connectivity index is 2.24. The lowest BCUT2D eigenvalue weighted by molar-refractivity contribution is 0.388. The molecule has 0 aliphatic carbocycles. The fourth-order valence-corrected chi connectivity index (χ4v) is 2.73. The zero-order valence-electron chi connectivity index (χ0n) is 12.5. The third kappa shape index (κ3) is 4.68. The number of hydrogen-bond donors (Lipinski definition) is 1. The van der Waals surface area contributed by atoms with Crippen molar-refractivity contribution in [3.63, 3.8) is 0 Å². The van der Waals surface area contributed by atoms with Gasteiger partial charge in [-0.05, 0) is 74.8 Å². The van der Waals surface area contributed by atoms with Gasteiger partial charge in [0.1, 0.15) is 11.5 Å². The van der Waals surface area contributed by atoms with Gasteiger partial charge in [-0.2, -0.15) is 0 Å². The number of rotatable bonds is 6. The molecular weight excluding hydrogens is 300 g/mol. The number of nitrogens with two attached hydrogens (primary N) is 1. The highest BCUT2D eigenvalue weighted by Crippen LogP contribution is 2.30. The van der Waals surface area contributed by atoms with Crippen LogP contribution in [-0.4, -0.2) is 25.3 Å². The number of nitrogens with zero attached hydrogens (tertiary/aromatic N) is 1. The summed E-state index contributed by atoms with van der Waals surface area (Å²) in [5.41, 5.74) is 1.13. The monoisotopic (exact) mass is 320 g/mol. The summed E-state index contributed by atoms with van der Waals surface area (Å²) in [7, 11) is 4.08. The second-order valence-corrected chi connectivity index (χ2v) is 6.49. The lowest BCUT2D eigenvalue weighted by atomic mass is 10.2. The molecule has 2 N–H and O–H groups in total. The molecule has 2 aromatic rings. The minimum absolute atomic E-state index is 0.812. The molecule has 0 saturated carbocycles. The van der Waals surface area contributed by atoms with Crippen LogP contribution in [0.25, 0.3) is 0 Å². The highest BCUT2D eigenvalue weighted by molar-refractivity contribution is 7.98. The molecule has 3 nitrogen and oxygen atoms in total. The van der Waals surface area contributed by atoms with Crippen LogP contribution in [0.15, 0.2) is 52.3 Å². The van der Waals surface area contributed by atoms with E-state index < -0.39 is 0 Å². The topological polar surface area (TPSA) is 38.5 Å². The van der Waals surface area contributed by atoms with Crippen molar-refractivity contribution in [1.29, 1.82) is 0 Å². The van der Waals surface area contributed by atoms with Crippen LogP contribution < -0.4 is 9.88 Å². The maximum absolute atomic E-state index is 6.02. The minimum Gasteiger partial charge on any atom is -0.457 e. The Morgan fingerprint density at radius 1 is 1.05 bits per heavy atom. The second-order valence-electron chi connectivity index (χ2n) is 4.90. The van der Waals surface area contributed by atoms with E-state index in [0.29, 0.717) is 0 Å². The average Bonchev–Trinajstić information content (AvgIpc) is 2.49. The van der Waals surface area contributed by atoms with Gasteiger partial charge in [-0.1, -0.05) is 0 Å². The first-order valence-corrected chi connectivity index (χ1v) is 8.69. The van der Waals surface area contributed by atoms with Gasteiger partial charge in [-0.25, -0.2) is 0 Å². The largest absolute Gasteiger partial charge is 0.457 e. The molecule has 112 valence electrons. The predicted octanol–water partition coefficient (Wildman–Crippen LogP) is 4.23. The number of thioether (sulfide) groups is 1. The summed E-state index contributed by atoms with van der Waals surface area (Å²) >= 11 is 2.97. The normalized spacial score (nSPS) is 10.9. The molecule has 0 bridgehead atoms. The van der Waals surface area contributed by atoms with Crippen LogP contribution in [0, 0.1) is 0 Å². The fourth-order valence-electron chi connectivity index (χ4n) is 1.96. The molecule has 0 aliphatic rings.